The van der Waals surface area contributed by atoms with Crippen LogP contribution >= 0.6 is 0 Å². The number of halogens is 3. The van der Waals surface area contributed by atoms with E-state index < -0.39 is 26.7 Å². The van der Waals surface area contributed by atoms with Gasteiger partial charge in [-0.2, -0.15) is 17.5 Å². The van der Waals surface area contributed by atoms with Gasteiger partial charge in [0, 0.05) is 38.7 Å². The van der Waals surface area contributed by atoms with Crippen LogP contribution in [0.1, 0.15) is 16.7 Å². The first-order valence-electron chi connectivity index (χ1n) is 10.0. The molecule has 2 aliphatic heterocycles. The summed E-state index contributed by atoms with van der Waals surface area (Å²) in [5.41, 5.74) is 0.942. The van der Waals surface area contributed by atoms with Crippen LogP contribution in [-0.4, -0.2) is 56.3 Å². The second-order valence-electron chi connectivity index (χ2n) is 7.55. The number of hydrogen-bond acceptors (Lipinski definition) is 4. The lowest BCUT2D eigenvalue weighted by atomic mass is 10.1. The van der Waals surface area contributed by atoms with Crippen LogP contribution in [0.4, 0.5) is 13.2 Å². The van der Waals surface area contributed by atoms with Crippen molar-refractivity contribution in [2.75, 3.05) is 32.8 Å². The van der Waals surface area contributed by atoms with Crippen molar-refractivity contribution in [3.05, 3.63) is 65.2 Å². The summed E-state index contributed by atoms with van der Waals surface area (Å²) in [5.74, 6) is 0.601. The van der Waals surface area contributed by atoms with E-state index in [1.807, 2.05) is 18.2 Å². The van der Waals surface area contributed by atoms with Gasteiger partial charge >= 0.3 is 6.18 Å². The van der Waals surface area contributed by atoms with Crippen LogP contribution in [0.25, 0.3) is 6.08 Å². The molecule has 1 fully saturated rings. The molecule has 1 amide bonds. The number of fused-ring (bicyclic) bond motifs is 1. The number of piperazine rings is 1. The molecule has 0 radical (unpaired) electrons. The Hall–Kier alpha value is -2.85. The van der Waals surface area contributed by atoms with Gasteiger partial charge in [-0.1, -0.05) is 12.1 Å². The summed E-state index contributed by atoms with van der Waals surface area (Å²) in [7, 11) is -4.09. The summed E-state index contributed by atoms with van der Waals surface area (Å²) in [5, 5.41) is 0. The molecule has 170 valence electrons. The third-order valence-electron chi connectivity index (χ3n) is 5.48. The summed E-state index contributed by atoms with van der Waals surface area (Å²) < 4.78 is 70.9. The van der Waals surface area contributed by atoms with Gasteiger partial charge in [0.15, 0.2) is 0 Å². The largest absolute Gasteiger partial charge is 0.493 e. The fraction of sp³-hybridized carbons (Fsp3) is 0.318. The van der Waals surface area contributed by atoms with Crippen molar-refractivity contribution in [1.29, 1.82) is 0 Å². The fourth-order valence-electron chi connectivity index (χ4n) is 3.71. The number of sulfonamides is 1. The van der Waals surface area contributed by atoms with Crippen molar-refractivity contribution >= 4 is 22.0 Å². The minimum Gasteiger partial charge on any atom is -0.493 e. The molecule has 10 heteroatoms. The van der Waals surface area contributed by atoms with Gasteiger partial charge < -0.3 is 9.64 Å². The lowest BCUT2D eigenvalue weighted by Crippen LogP contribution is -2.50. The van der Waals surface area contributed by atoms with E-state index in [0.29, 0.717) is 12.7 Å². The Bertz CT molecular complexity index is 1150. The topological polar surface area (TPSA) is 66.9 Å². The predicted octanol–water partition coefficient (Wildman–Crippen LogP) is 3.19. The van der Waals surface area contributed by atoms with Crippen LogP contribution in [0.3, 0.4) is 0 Å². The number of nitrogens with zero attached hydrogens (tertiary/aromatic N) is 2. The molecule has 2 aliphatic rings. The second-order valence-corrected chi connectivity index (χ2v) is 9.49. The number of benzene rings is 2. The Kier molecular flexibility index (Phi) is 6.00. The zero-order chi connectivity index (χ0) is 22.9. The second kappa shape index (κ2) is 8.59. The molecule has 32 heavy (non-hydrogen) atoms. The van der Waals surface area contributed by atoms with Crippen LogP contribution in [0, 0.1) is 0 Å². The van der Waals surface area contributed by atoms with Gasteiger partial charge in [0.1, 0.15) is 5.75 Å². The Morgan fingerprint density at radius 1 is 1.03 bits per heavy atom. The molecule has 4 rings (SSSR count). The van der Waals surface area contributed by atoms with Crippen LogP contribution in [0.15, 0.2) is 53.4 Å². The number of rotatable bonds is 4. The highest BCUT2D eigenvalue weighted by atomic mass is 32.2. The Morgan fingerprint density at radius 2 is 1.78 bits per heavy atom. The van der Waals surface area contributed by atoms with Gasteiger partial charge in [0.05, 0.1) is 17.1 Å². The summed E-state index contributed by atoms with van der Waals surface area (Å²) in [6.45, 7) is 0.969. The highest BCUT2D eigenvalue weighted by molar-refractivity contribution is 7.89. The molecule has 2 aromatic rings. The van der Waals surface area contributed by atoms with Gasteiger partial charge in [0.2, 0.25) is 15.9 Å². The molecule has 2 aromatic carbocycles. The maximum Gasteiger partial charge on any atom is 0.416 e. The molecule has 6 nitrogen and oxygen atoms in total. The standard InChI is InChI=1S/C22H21F3N2O4S/c23-22(24,25)18-2-1-3-19(15-18)32(29,30)27-11-9-26(10-12-27)21(28)7-5-16-4-6-20-17(14-16)8-13-31-20/h1-7,14-15H,8-13H2/b7-5+. The third-order valence-corrected chi connectivity index (χ3v) is 7.38. The quantitative estimate of drug-likeness (QED) is 0.650. The van der Waals surface area contributed by atoms with Gasteiger partial charge in [-0.25, -0.2) is 8.42 Å². The summed E-state index contributed by atoms with van der Waals surface area (Å²) in [6, 6.07) is 9.37. The lowest BCUT2D eigenvalue weighted by molar-refractivity contribution is -0.137. The lowest BCUT2D eigenvalue weighted by Gasteiger charge is -2.33. The van der Waals surface area contributed by atoms with Crippen molar-refractivity contribution in [3.63, 3.8) is 0 Å². The maximum atomic E-state index is 12.9. The molecule has 0 aliphatic carbocycles. The smallest absolute Gasteiger partial charge is 0.416 e. The Balaban J connectivity index is 1.39. The molecule has 0 unspecified atom stereocenters. The van der Waals surface area contributed by atoms with Crippen molar-refractivity contribution < 1.29 is 31.1 Å². The Morgan fingerprint density at radius 3 is 2.50 bits per heavy atom. The summed E-state index contributed by atoms with van der Waals surface area (Å²) in [4.78, 5) is 13.6. The van der Waals surface area contributed by atoms with Crippen LogP contribution in [0.2, 0.25) is 0 Å². The van der Waals surface area contributed by atoms with Crippen LogP contribution in [-0.2, 0) is 27.4 Å². The average molecular weight is 466 g/mol. The van der Waals surface area contributed by atoms with Crippen molar-refractivity contribution in [2.45, 2.75) is 17.5 Å². The van der Waals surface area contributed by atoms with E-state index in [-0.39, 0.29) is 32.1 Å². The van der Waals surface area contributed by atoms with Gasteiger partial charge in [-0.3, -0.25) is 4.79 Å². The molecule has 0 atom stereocenters. The molecular formula is C22H21F3N2O4S. The minimum atomic E-state index is -4.63. The minimum absolute atomic E-state index is 0.00828. The average Bonchev–Trinajstić information content (AvgIpc) is 3.25. The highest BCUT2D eigenvalue weighted by Crippen LogP contribution is 2.31. The molecule has 0 aromatic heterocycles. The first-order chi connectivity index (χ1) is 15.1. The molecule has 1 saturated heterocycles. The fourth-order valence-corrected chi connectivity index (χ4v) is 5.18. The third kappa shape index (κ3) is 4.66. The molecule has 0 N–H and O–H groups in total. The molecule has 2 heterocycles. The maximum absolute atomic E-state index is 12.9. The van der Waals surface area contributed by atoms with Gasteiger partial charge in [-0.15, -0.1) is 0 Å². The van der Waals surface area contributed by atoms with E-state index in [1.54, 1.807) is 6.08 Å². The van der Waals surface area contributed by atoms with Crippen LogP contribution < -0.4 is 4.74 Å². The SMILES string of the molecule is O=C(/C=C/c1ccc2c(c1)CCO2)N1CCN(S(=O)(=O)c2cccc(C(F)(F)F)c2)CC1. The van der Waals surface area contributed by atoms with E-state index in [9.17, 15) is 26.4 Å². The van der Waals surface area contributed by atoms with E-state index in [0.717, 1.165) is 45.8 Å². The monoisotopic (exact) mass is 466 g/mol. The zero-order valence-electron chi connectivity index (χ0n) is 17.0. The van der Waals surface area contributed by atoms with E-state index >= 15 is 0 Å². The number of carbonyl (C=O) groups is 1. The number of hydrogen-bond donors (Lipinski definition) is 0. The predicted molar refractivity (Wildman–Crippen MR) is 111 cm³/mol. The molecule has 0 bridgehead atoms. The number of alkyl halides is 3. The van der Waals surface area contributed by atoms with Crippen LogP contribution in [0.5, 0.6) is 5.75 Å². The first-order valence-corrected chi connectivity index (χ1v) is 11.5. The van der Waals surface area contributed by atoms with E-state index in [4.69, 9.17) is 4.74 Å². The van der Waals surface area contributed by atoms with Crippen molar-refractivity contribution in [2.24, 2.45) is 0 Å². The van der Waals surface area contributed by atoms with Crippen molar-refractivity contribution in [1.82, 2.24) is 9.21 Å². The highest BCUT2D eigenvalue weighted by Gasteiger charge is 2.34. The normalized spacial score (nSPS) is 17.4. The Labute approximate surface area is 183 Å². The van der Waals surface area contributed by atoms with Crippen molar-refractivity contribution in [3.8, 4) is 5.75 Å². The first kappa shape index (κ1) is 22.3. The number of ether oxygens (including phenoxy) is 1. The summed E-state index contributed by atoms with van der Waals surface area (Å²) in [6.07, 6.45) is -0.663. The zero-order valence-corrected chi connectivity index (χ0v) is 17.8. The number of carbonyl (C=O) groups excluding carboxylic acids is 1. The molecular weight excluding hydrogens is 445 g/mol. The van der Waals surface area contributed by atoms with Gasteiger partial charge in [-0.05, 0) is 47.5 Å². The molecule has 0 spiro atoms. The van der Waals surface area contributed by atoms with Gasteiger partial charge in [0.25, 0.3) is 0 Å². The van der Waals surface area contributed by atoms with E-state index in [2.05, 4.69) is 0 Å². The number of amides is 1. The van der Waals surface area contributed by atoms with E-state index in [1.165, 1.54) is 11.0 Å². The molecule has 0 saturated carbocycles. The summed E-state index contributed by atoms with van der Waals surface area (Å²) >= 11 is 0.